The largest absolute Gasteiger partial charge is 0.370 e. The molecular formula is C28H41N5O2S. The van der Waals surface area contributed by atoms with E-state index < -0.39 is 11.0 Å². The number of aromatic nitrogens is 3. The van der Waals surface area contributed by atoms with E-state index in [2.05, 4.69) is 35.7 Å². The molecule has 1 aliphatic carbocycles. The summed E-state index contributed by atoms with van der Waals surface area (Å²) >= 11 is 0. The third-order valence-electron chi connectivity index (χ3n) is 7.31. The quantitative estimate of drug-likeness (QED) is 0.511. The molecule has 2 aromatic heterocycles. The van der Waals surface area contributed by atoms with Crippen molar-refractivity contribution in [1.29, 1.82) is 0 Å². The Hall–Kier alpha value is -2.29. The fourth-order valence-electron chi connectivity index (χ4n) is 5.44. The summed E-state index contributed by atoms with van der Waals surface area (Å²) in [4.78, 5) is 7.30. The van der Waals surface area contributed by atoms with Gasteiger partial charge in [-0.15, -0.1) is 5.10 Å². The zero-order valence-electron chi connectivity index (χ0n) is 22.4. The van der Waals surface area contributed by atoms with Crippen molar-refractivity contribution in [2.24, 2.45) is 11.3 Å². The fourth-order valence-corrected chi connectivity index (χ4v) is 6.11. The minimum absolute atomic E-state index is 0.0776. The molecule has 3 aromatic rings. The van der Waals surface area contributed by atoms with Gasteiger partial charge in [0, 0.05) is 30.8 Å². The van der Waals surface area contributed by atoms with Crippen molar-refractivity contribution in [3.8, 4) is 0 Å². The molecule has 2 atom stereocenters. The van der Waals surface area contributed by atoms with Crippen molar-refractivity contribution < 1.29 is 8.95 Å². The first-order valence-electron chi connectivity index (χ1n) is 13.3. The van der Waals surface area contributed by atoms with E-state index >= 15 is 0 Å². The van der Waals surface area contributed by atoms with Gasteiger partial charge in [-0.05, 0) is 43.7 Å². The van der Waals surface area contributed by atoms with Crippen LogP contribution in [-0.4, -0.2) is 50.8 Å². The number of fused-ring (bicyclic) bond motifs is 2. The van der Waals surface area contributed by atoms with Crippen molar-refractivity contribution in [2.75, 3.05) is 36.9 Å². The summed E-state index contributed by atoms with van der Waals surface area (Å²) in [6, 6.07) is 14.2. The van der Waals surface area contributed by atoms with Crippen molar-refractivity contribution in [3.63, 3.8) is 0 Å². The molecule has 0 spiro atoms. The number of hydrogen-bond acceptors (Lipinski definition) is 5. The van der Waals surface area contributed by atoms with Gasteiger partial charge in [0.15, 0.2) is 11.5 Å². The monoisotopic (exact) mass is 511 g/mol. The normalized spacial score (nSPS) is 27.0. The number of nitrogens with one attached hydrogen (secondary N) is 1. The van der Waals surface area contributed by atoms with E-state index in [0.29, 0.717) is 12.4 Å². The molecule has 3 saturated heterocycles. The Morgan fingerprint density at radius 1 is 1.17 bits per heavy atom. The van der Waals surface area contributed by atoms with Crippen LogP contribution < -0.4 is 9.62 Å². The average molecular weight is 512 g/mol. The molecule has 36 heavy (non-hydrogen) atoms. The average Bonchev–Trinajstić information content (AvgIpc) is 3.67. The molecule has 5 heterocycles. The molecule has 1 aromatic carbocycles. The Morgan fingerprint density at radius 3 is 2.42 bits per heavy atom. The number of anilines is 1. The maximum Gasteiger partial charge on any atom is 0.183 e. The summed E-state index contributed by atoms with van der Waals surface area (Å²) < 4.78 is 23.0. The first-order valence-corrected chi connectivity index (χ1v) is 14.6. The molecule has 0 radical (unpaired) electrons. The highest BCUT2D eigenvalue weighted by Gasteiger charge is 2.65. The Labute approximate surface area is 218 Å². The molecule has 8 heteroatoms. The third-order valence-corrected chi connectivity index (χ3v) is 8.30. The van der Waals surface area contributed by atoms with Crippen LogP contribution in [0.15, 0.2) is 48.7 Å². The molecule has 1 N–H and O–H groups in total. The van der Waals surface area contributed by atoms with Gasteiger partial charge in [0.05, 0.1) is 29.5 Å². The van der Waals surface area contributed by atoms with E-state index in [9.17, 15) is 4.21 Å². The predicted octanol–water partition coefficient (Wildman–Crippen LogP) is 4.88. The second kappa shape index (κ2) is 11.4. The van der Waals surface area contributed by atoms with Gasteiger partial charge in [0.1, 0.15) is 5.60 Å². The van der Waals surface area contributed by atoms with E-state index in [1.165, 1.54) is 12.1 Å². The van der Waals surface area contributed by atoms with Crippen LogP contribution in [0.25, 0.3) is 5.65 Å². The molecule has 2 unspecified atom stereocenters. The van der Waals surface area contributed by atoms with E-state index in [4.69, 9.17) is 14.8 Å². The van der Waals surface area contributed by atoms with Gasteiger partial charge < -0.3 is 9.64 Å². The van der Waals surface area contributed by atoms with Gasteiger partial charge in [0.2, 0.25) is 0 Å². The topological polar surface area (TPSA) is 71.8 Å². The maximum atomic E-state index is 11.7. The lowest BCUT2D eigenvalue weighted by atomic mass is 9.62. The molecule has 0 amide bonds. The van der Waals surface area contributed by atoms with Gasteiger partial charge in [-0.1, -0.05) is 64.1 Å². The number of rotatable bonds is 6. The van der Waals surface area contributed by atoms with Crippen LogP contribution in [0.3, 0.4) is 0 Å². The number of pyridine rings is 1. The van der Waals surface area contributed by atoms with Crippen molar-refractivity contribution in [3.05, 3.63) is 60.0 Å². The summed E-state index contributed by atoms with van der Waals surface area (Å²) in [6.07, 6.45) is 5.16. The summed E-state index contributed by atoms with van der Waals surface area (Å²) in [5.41, 5.74) is 3.00. The van der Waals surface area contributed by atoms with Gasteiger partial charge >= 0.3 is 0 Å². The summed E-state index contributed by atoms with van der Waals surface area (Å²) in [5.74, 6) is 2.17. The number of ether oxygens (including phenoxy) is 1. The molecule has 1 saturated carbocycles. The first kappa shape index (κ1) is 26.8. The van der Waals surface area contributed by atoms with Crippen molar-refractivity contribution >= 4 is 22.3 Å². The van der Waals surface area contributed by atoms with Gasteiger partial charge in [-0.25, -0.2) is 18.4 Å². The number of aryl methyl sites for hydroxylation is 1. The number of nitrogens with zero attached hydrogens (tertiary/aromatic N) is 4. The van der Waals surface area contributed by atoms with Crippen LogP contribution in [0, 0.1) is 18.3 Å². The first-order chi connectivity index (χ1) is 17.4. The molecule has 2 bridgehead atoms. The Bertz CT molecular complexity index is 1130. The minimum atomic E-state index is -0.950. The van der Waals surface area contributed by atoms with Gasteiger partial charge in [-0.2, -0.15) is 0 Å². The highest BCUT2D eigenvalue weighted by Crippen LogP contribution is 2.62. The third kappa shape index (κ3) is 5.50. The van der Waals surface area contributed by atoms with Crippen molar-refractivity contribution in [2.45, 2.75) is 59.5 Å². The molecule has 4 fully saturated rings. The zero-order chi connectivity index (χ0) is 25.8. The number of hydrogen-bond donors (Lipinski definition) is 1. The summed E-state index contributed by atoms with van der Waals surface area (Å²) in [6.45, 7) is 14.0. The maximum absolute atomic E-state index is 11.7. The molecule has 7 nitrogen and oxygen atoms in total. The Morgan fingerprint density at radius 2 is 1.83 bits per heavy atom. The zero-order valence-corrected chi connectivity index (χ0v) is 23.2. The van der Waals surface area contributed by atoms with Crippen LogP contribution >= 0.6 is 0 Å². The summed E-state index contributed by atoms with van der Waals surface area (Å²) in [5, 5.41) is 4.83. The van der Waals surface area contributed by atoms with Crippen LogP contribution in [0.4, 0.5) is 5.69 Å². The smallest absolute Gasteiger partial charge is 0.183 e. The lowest BCUT2D eigenvalue weighted by molar-refractivity contribution is -0.0267. The summed E-state index contributed by atoms with van der Waals surface area (Å²) in [7, 11) is -0.950. The molecule has 3 aliphatic heterocycles. The van der Waals surface area contributed by atoms with Gasteiger partial charge in [-0.3, -0.25) is 0 Å². The molecular weight excluding hydrogens is 470 g/mol. The second-order valence-corrected chi connectivity index (χ2v) is 11.7. The molecule has 196 valence electrons. The van der Waals surface area contributed by atoms with Gasteiger partial charge in [0.25, 0.3) is 0 Å². The molecule has 7 rings (SSSR count). The van der Waals surface area contributed by atoms with Crippen LogP contribution in [-0.2, 0) is 21.3 Å². The van der Waals surface area contributed by atoms with Crippen LogP contribution in [0.5, 0.6) is 0 Å². The molecule has 4 aliphatic rings. The van der Waals surface area contributed by atoms with E-state index in [0.717, 1.165) is 55.4 Å². The second-order valence-electron chi connectivity index (χ2n) is 10.2. The SMILES string of the molecule is CC.CCS(=O)NCC12COC(c3nc4c(C)cc(N5CCC(C)C5)cn4n3)(C1)C2.c1ccccc1. The Balaban J connectivity index is 0.000000330. The fraction of sp³-hybridized carbons (Fsp3) is 0.571. The standard InChI is InChI=1S/C20H29N5O2S.C6H6.C2H6/c1-4-28(26)21-12-19-10-20(11-19,27-13-19)18-22-17-15(3)7-16(9-25(17)23-18)24-6-5-14(2)8-24;1-2-4-6-5-3-1;1-2/h7,9,14,21H,4-6,8,10-13H2,1-3H3;1-6H;1-2H3. The predicted molar refractivity (Wildman–Crippen MR) is 147 cm³/mol. The highest BCUT2D eigenvalue weighted by molar-refractivity contribution is 7.82. The lowest BCUT2D eigenvalue weighted by Crippen LogP contribution is -2.48. The van der Waals surface area contributed by atoms with Crippen molar-refractivity contribution in [1.82, 2.24) is 19.3 Å². The lowest BCUT2D eigenvalue weighted by Gasteiger charge is -2.42. The Kier molecular flexibility index (Phi) is 8.48. The van der Waals surface area contributed by atoms with E-state index in [-0.39, 0.29) is 11.0 Å². The van der Waals surface area contributed by atoms with E-state index in [1.807, 2.05) is 61.7 Å². The highest BCUT2D eigenvalue weighted by atomic mass is 32.2. The number of benzene rings is 1. The van der Waals surface area contributed by atoms with Crippen LogP contribution in [0.1, 0.15) is 58.3 Å². The van der Waals surface area contributed by atoms with Crippen LogP contribution in [0.2, 0.25) is 0 Å². The minimum Gasteiger partial charge on any atom is -0.370 e. The van der Waals surface area contributed by atoms with E-state index in [1.54, 1.807) is 0 Å².